The van der Waals surface area contributed by atoms with Crippen molar-refractivity contribution in [3.05, 3.63) is 69.1 Å². The molecule has 1 atom stereocenters. The molecule has 3 heterocycles. The number of amides is 1. The van der Waals surface area contributed by atoms with E-state index in [0.717, 1.165) is 57.9 Å². The molecular weight excluding hydrogens is 470 g/mol. The highest BCUT2D eigenvalue weighted by Crippen LogP contribution is 2.33. The molecule has 0 radical (unpaired) electrons. The number of carbonyl (C=O) groups excluding carboxylic acids is 1. The zero-order chi connectivity index (χ0) is 25.9. The third kappa shape index (κ3) is 5.71. The number of nitrogens with zero attached hydrogens (tertiary/aromatic N) is 2. The number of likely N-dealkylation sites (tertiary alicyclic amines) is 1. The standard InChI is InChI=1S/C29H35N3O5/c1-19-25(33)10-9-24-27(35)20(2)28(37-29(19)24)22-4-3-11-32(17-22)18-26(34)30-23-7-5-21(6-8-23)16-31-12-14-36-15-13-31/h5-10,22,33H,3-4,11-18H2,1-2H3,(H,30,34). The zero-order valence-corrected chi connectivity index (χ0v) is 21.6. The fourth-order valence-corrected chi connectivity index (χ4v) is 5.41. The van der Waals surface area contributed by atoms with Gasteiger partial charge in [0.05, 0.1) is 25.1 Å². The summed E-state index contributed by atoms with van der Waals surface area (Å²) in [6, 6.07) is 11.2. The lowest BCUT2D eigenvalue weighted by atomic mass is 9.92. The summed E-state index contributed by atoms with van der Waals surface area (Å²) in [6.07, 6.45) is 1.80. The predicted molar refractivity (Wildman–Crippen MR) is 143 cm³/mol. The summed E-state index contributed by atoms with van der Waals surface area (Å²) in [7, 11) is 0. The lowest BCUT2D eigenvalue weighted by molar-refractivity contribution is -0.117. The maximum absolute atomic E-state index is 13.0. The molecule has 1 aromatic heterocycles. The van der Waals surface area contributed by atoms with Crippen LogP contribution in [0.15, 0.2) is 45.6 Å². The van der Waals surface area contributed by atoms with Gasteiger partial charge in [-0.25, -0.2) is 0 Å². The van der Waals surface area contributed by atoms with E-state index in [4.69, 9.17) is 9.15 Å². The van der Waals surface area contributed by atoms with E-state index in [1.807, 2.05) is 12.1 Å². The van der Waals surface area contributed by atoms with Crippen LogP contribution in [-0.4, -0.2) is 66.8 Å². The number of benzene rings is 2. The molecule has 37 heavy (non-hydrogen) atoms. The van der Waals surface area contributed by atoms with Crippen molar-refractivity contribution >= 4 is 22.6 Å². The topological polar surface area (TPSA) is 95.2 Å². The number of rotatable bonds is 6. The van der Waals surface area contributed by atoms with Gasteiger partial charge in [0.25, 0.3) is 0 Å². The monoisotopic (exact) mass is 505 g/mol. The van der Waals surface area contributed by atoms with Gasteiger partial charge in [0.15, 0.2) is 5.43 Å². The molecule has 2 aromatic carbocycles. The fraction of sp³-hybridized carbons (Fsp3) is 0.448. The van der Waals surface area contributed by atoms with Gasteiger partial charge in [0.1, 0.15) is 17.1 Å². The van der Waals surface area contributed by atoms with Gasteiger partial charge in [0, 0.05) is 48.9 Å². The molecule has 2 N–H and O–H groups in total. The van der Waals surface area contributed by atoms with Crippen molar-refractivity contribution in [2.24, 2.45) is 0 Å². The molecule has 5 rings (SSSR count). The van der Waals surface area contributed by atoms with Crippen molar-refractivity contribution in [1.29, 1.82) is 0 Å². The number of aryl methyl sites for hydroxylation is 1. The van der Waals surface area contributed by atoms with Crippen molar-refractivity contribution in [2.75, 3.05) is 51.3 Å². The van der Waals surface area contributed by atoms with Crippen LogP contribution in [0.5, 0.6) is 5.75 Å². The van der Waals surface area contributed by atoms with E-state index in [9.17, 15) is 14.7 Å². The SMILES string of the molecule is Cc1c(C2CCCN(CC(=O)Nc3ccc(CN4CCOCC4)cc3)C2)oc2c(C)c(O)ccc2c1=O. The van der Waals surface area contributed by atoms with Gasteiger partial charge in [-0.3, -0.25) is 19.4 Å². The molecular formula is C29H35N3O5. The Morgan fingerprint density at radius 3 is 2.54 bits per heavy atom. The number of fused-ring (bicyclic) bond motifs is 1. The van der Waals surface area contributed by atoms with Crippen LogP contribution in [0.1, 0.15) is 41.2 Å². The van der Waals surface area contributed by atoms with E-state index in [2.05, 4.69) is 27.2 Å². The maximum Gasteiger partial charge on any atom is 0.238 e. The number of phenols is 1. The van der Waals surface area contributed by atoms with Gasteiger partial charge < -0.3 is 19.6 Å². The van der Waals surface area contributed by atoms with Crippen molar-refractivity contribution in [1.82, 2.24) is 9.80 Å². The van der Waals surface area contributed by atoms with Crippen LogP contribution >= 0.6 is 0 Å². The Morgan fingerprint density at radius 2 is 1.78 bits per heavy atom. The molecule has 1 unspecified atom stereocenters. The number of ether oxygens (including phenoxy) is 1. The molecule has 2 aliphatic heterocycles. The van der Waals surface area contributed by atoms with Gasteiger partial charge in [0.2, 0.25) is 5.91 Å². The number of hydrogen-bond acceptors (Lipinski definition) is 7. The minimum atomic E-state index is -0.0636. The second-order valence-corrected chi connectivity index (χ2v) is 10.2. The van der Waals surface area contributed by atoms with Crippen molar-refractivity contribution < 1.29 is 19.1 Å². The number of aromatic hydroxyl groups is 1. The zero-order valence-electron chi connectivity index (χ0n) is 21.6. The average Bonchev–Trinajstić information content (AvgIpc) is 2.90. The molecule has 0 saturated carbocycles. The van der Waals surface area contributed by atoms with Crippen LogP contribution in [0, 0.1) is 13.8 Å². The third-order valence-corrected chi connectivity index (χ3v) is 7.54. The van der Waals surface area contributed by atoms with Crippen molar-refractivity contribution in [3.8, 4) is 5.75 Å². The van der Waals surface area contributed by atoms with Gasteiger partial charge in [-0.1, -0.05) is 12.1 Å². The van der Waals surface area contributed by atoms with E-state index in [1.165, 1.54) is 11.6 Å². The lowest BCUT2D eigenvalue weighted by Gasteiger charge is -2.32. The molecule has 8 heteroatoms. The average molecular weight is 506 g/mol. The molecule has 8 nitrogen and oxygen atoms in total. The van der Waals surface area contributed by atoms with E-state index in [-0.39, 0.29) is 29.5 Å². The van der Waals surface area contributed by atoms with Crippen LogP contribution < -0.4 is 10.7 Å². The summed E-state index contributed by atoms with van der Waals surface area (Å²) in [6.45, 7) is 9.63. The quantitative estimate of drug-likeness (QED) is 0.527. The lowest BCUT2D eigenvalue weighted by Crippen LogP contribution is -2.40. The molecule has 0 aliphatic carbocycles. The predicted octanol–water partition coefficient (Wildman–Crippen LogP) is 3.77. The Bertz CT molecular complexity index is 1330. The fourth-order valence-electron chi connectivity index (χ4n) is 5.41. The van der Waals surface area contributed by atoms with E-state index >= 15 is 0 Å². The molecule has 3 aromatic rings. The van der Waals surface area contributed by atoms with Crippen LogP contribution in [0.4, 0.5) is 5.69 Å². The summed E-state index contributed by atoms with van der Waals surface area (Å²) < 4.78 is 11.7. The number of morpholine rings is 1. The molecule has 2 aliphatic rings. The number of phenolic OH excluding ortho intramolecular Hbond substituents is 1. The smallest absolute Gasteiger partial charge is 0.238 e. The van der Waals surface area contributed by atoms with Crippen LogP contribution in [0.2, 0.25) is 0 Å². The number of nitrogens with one attached hydrogen (secondary N) is 1. The maximum atomic E-state index is 13.0. The molecule has 196 valence electrons. The number of piperidine rings is 1. The Balaban J connectivity index is 1.22. The summed E-state index contributed by atoms with van der Waals surface area (Å²) in [5.41, 5.74) is 3.55. The summed E-state index contributed by atoms with van der Waals surface area (Å²) in [5.74, 6) is 0.729. The number of anilines is 1. The minimum Gasteiger partial charge on any atom is -0.508 e. The molecule has 2 saturated heterocycles. The minimum absolute atomic E-state index is 0.0138. The normalized spacial score (nSPS) is 19.2. The Kier molecular flexibility index (Phi) is 7.60. The van der Waals surface area contributed by atoms with Crippen LogP contribution in [0.3, 0.4) is 0 Å². The molecule has 0 spiro atoms. The Morgan fingerprint density at radius 1 is 1.03 bits per heavy atom. The van der Waals surface area contributed by atoms with Gasteiger partial charge in [-0.15, -0.1) is 0 Å². The summed E-state index contributed by atoms with van der Waals surface area (Å²) in [4.78, 5) is 30.3. The van der Waals surface area contributed by atoms with Crippen LogP contribution in [0.25, 0.3) is 11.0 Å². The van der Waals surface area contributed by atoms with Crippen molar-refractivity contribution in [3.63, 3.8) is 0 Å². The molecule has 0 bridgehead atoms. The van der Waals surface area contributed by atoms with E-state index in [0.29, 0.717) is 34.4 Å². The van der Waals surface area contributed by atoms with Gasteiger partial charge >= 0.3 is 0 Å². The van der Waals surface area contributed by atoms with Gasteiger partial charge in [-0.05, 0) is 63.1 Å². The number of hydrogen-bond donors (Lipinski definition) is 2. The first kappa shape index (κ1) is 25.4. The first-order valence-electron chi connectivity index (χ1n) is 13.1. The second-order valence-electron chi connectivity index (χ2n) is 10.2. The van der Waals surface area contributed by atoms with Crippen molar-refractivity contribution in [2.45, 2.75) is 39.2 Å². The number of carbonyl (C=O) groups is 1. The highest BCUT2D eigenvalue weighted by molar-refractivity contribution is 5.92. The second kappa shape index (κ2) is 11.0. The summed E-state index contributed by atoms with van der Waals surface area (Å²) in [5, 5.41) is 13.6. The van der Waals surface area contributed by atoms with E-state index in [1.54, 1.807) is 19.9 Å². The molecule has 2 fully saturated rings. The Labute approximate surface area is 216 Å². The summed E-state index contributed by atoms with van der Waals surface area (Å²) >= 11 is 0. The van der Waals surface area contributed by atoms with Gasteiger partial charge in [-0.2, -0.15) is 0 Å². The third-order valence-electron chi connectivity index (χ3n) is 7.54. The highest BCUT2D eigenvalue weighted by atomic mass is 16.5. The first-order chi connectivity index (χ1) is 17.9. The van der Waals surface area contributed by atoms with E-state index < -0.39 is 0 Å². The highest BCUT2D eigenvalue weighted by Gasteiger charge is 2.28. The van der Waals surface area contributed by atoms with Crippen LogP contribution in [-0.2, 0) is 16.1 Å². The first-order valence-corrected chi connectivity index (χ1v) is 13.1. The largest absolute Gasteiger partial charge is 0.508 e. The Hall–Kier alpha value is -3.20. The molecule has 1 amide bonds.